The Labute approximate surface area is 94.9 Å². The molecule has 0 fully saturated rings. The van der Waals surface area contributed by atoms with Gasteiger partial charge in [0.25, 0.3) is 0 Å². The zero-order valence-corrected chi connectivity index (χ0v) is 9.73. The maximum absolute atomic E-state index is 11.5. The van der Waals surface area contributed by atoms with Crippen molar-refractivity contribution in [2.45, 2.75) is 13.3 Å². The summed E-state index contributed by atoms with van der Waals surface area (Å²) in [5, 5.41) is 0. The second-order valence-electron chi connectivity index (χ2n) is 3.65. The van der Waals surface area contributed by atoms with Crippen molar-refractivity contribution in [3.05, 3.63) is 23.8 Å². The molecule has 1 rings (SSSR count). The molecule has 0 N–H and O–H groups in total. The Kier molecular flexibility index (Phi) is 4.28. The number of hydrogen-bond donors (Lipinski definition) is 0. The lowest BCUT2D eigenvalue weighted by Crippen LogP contribution is -2.32. The molecular formula is C12H16O4. The average Bonchev–Trinajstić information content (AvgIpc) is 2.81. The Morgan fingerprint density at radius 2 is 1.81 bits per heavy atom. The van der Waals surface area contributed by atoms with E-state index in [0.29, 0.717) is 0 Å². The van der Waals surface area contributed by atoms with Crippen LogP contribution < -0.4 is 0 Å². The number of allylic oxidation sites excluding steroid dienone is 4. The first-order chi connectivity index (χ1) is 7.61. The van der Waals surface area contributed by atoms with E-state index >= 15 is 0 Å². The highest BCUT2D eigenvalue weighted by atomic mass is 16.5. The summed E-state index contributed by atoms with van der Waals surface area (Å²) in [6.07, 6.45) is 6.74. The Hall–Kier alpha value is -1.58. The number of methoxy groups -OCH3 is 2. The number of ether oxygens (including phenoxy) is 2. The summed E-state index contributed by atoms with van der Waals surface area (Å²) in [6, 6.07) is 0. The third-order valence-electron chi connectivity index (χ3n) is 2.74. The van der Waals surface area contributed by atoms with Crippen molar-refractivity contribution in [3.63, 3.8) is 0 Å². The molecule has 0 aliphatic heterocycles. The van der Waals surface area contributed by atoms with Gasteiger partial charge in [-0.15, -0.1) is 0 Å². The standard InChI is InChI=1S/C12H16O4/c1-8(9-6-4-5-7-9)10(11(13)15-2)12(14)16-3/h4,6-8,10H,5H2,1-3H3. The van der Waals surface area contributed by atoms with Gasteiger partial charge in [-0.25, -0.2) is 0 Å². The molecule has 0 radical (unpaired) electrons. The first-order valence-corrected chi connectivity index (χ1v) is 5.14. The minimum atomic E-state index is -0.885. The predicted molar refractivity (Wildman–Crippen MR) is 58.5 cm³/mol. The van der Waals surface area contributed by atoms with Crippen LogP contribution in [-0.4, -0.2) is 26.2 Å². The molecule has 0 amide bonds. The van der Waals surface area contributed by atoms with E-state index < -0.39 is 17.9 Å². The molecule has 4 nitrogen and oxygen atoms in total. The van der Waals surface area contributed by atoms with E-state index in [4.69, 9.17) is 0 Å². The lowest BCUT2D eigenvalue weighted by Gasteiger charge is -2.19. The van der Waals surface area contributed by atoms with Gasteiger partial charge in [0, 0.05) is 5.92 Å². The van der Waals surface area contributed by atoms with Crippen molar-refractivity contribution < 1.29 is 19.1 Å². The molecule has 0 bridgehead atoms. The fraction of sp³-hybridized carbons (Fsp3) is 0.500. The minimum Gasteiger partial charge on any atom is -0.468 e. The molecule has 0 saturated heterocycles. The summed E-state index contributed by atoms with van der Waals surface area (Å²) in [7, 11) is 2.54. The topological polar surface area (TPSA) is 52.6 Å². The van der Waals surface area contributed by atoms with Gasteiger partial charge in [0.2, 0.25) is 0 Å². The number of carbonyl (C=O) groups is 2. The van der Waals surface area contributed by atoms with Gasteiger partial charge in [-0.1, -0.05) is 25.2 Å². The summed E-state index contributed by atoms with van der Waals surface area (Å²) in [5.41, 5.74) is 0.973. The van der Waals surface area contributed by atoms with Crippen molar-refractivity contribution in [2.75, 3.05) is 14.2 Å². The van der Waals surface area contributed by atoms with Crippen LogP contribution in [0, 0.1) is 11.8 Å². The molecule has 0 aromatic rings. The third kappa shape index (κ3) is 2.51. The van der Waals surface area contributed by atoms with E-state index in [9.17, 15) is 9.59 Å². The molecule has 1 aliphatic carbocycles. The van der Waals surface area contributed by atoms with Crippen LogP contribution in [0.4, 0.5) is 0 Å². The van der Waals surface area contributed by atoms with Crippen LogP contribution in [0.25, 0.3) is 0 Å². The number of esters is 2. The van der Waals surface area contributed by atoms with Crippen LogP contribution in [0.15, 0.2) is 23.8 Å². The minimum absolute atomic E-state index is 0.223. The quantitative estimate of drug-likeness (QED) is 0.536. The van der Waals surface area contributed by atoms with Gasteiger partial charge in [-0.05, 0) is 12.0 Å². The molecule has 0 spiro atoms. The van der Waals surface area contributed by atoms with Crippen LogP contribution >= 0.6 is 0 Å². The van der Waals surface area contributed by atoms with Crippen LogP contribution in [-0.2, 0) is 19.1 Å². The van der Waals surface area contributed by atoms with Crippen molar-refractivity contribution in [1.82, 2.24) is 0 Å². The average molecular weight is 224 g/mol. The lowest BCUT2D eigenvalue weighted by molar-refractivity contribution is -0.160. The van der Waals surface area contributed by atoms with Crippen molar-refractivity contribution in [3.8, 4) is 0 Å². The molecule has 1 atom stereocenters. The van der Waals surface area contributed by atoms with Gasteiger partial charge in [-0.2, -0.15) is 0 Å². The SMILES string of the molecule is COC(=O)C(C(=O)OC)C(C)C1=CCC=C1. The second kappa shape index (κ2) is 5.49. The maximum Gasteiger partial charge on any atom is 0.320 e. The highest BCUT2D eigenvalue weighted by Crippen LogP contribution is 2.27. The van der Waals surface area contributed by atoms with E-state index in [2.05, 4.69) is 9.47 Å². The highest BCUT2D eigenvalue weighted by Gasteiger charge is 2.35. The fourth-order valence-electron chi connectivity index (χ4n) is 1.76. The summed E-state index contributed by atoms with van der Waals surface area (Å²) in [5.74, 6) is -2.22. The molecule has 4 heteroatoms. The van der Waals surface area contributed by atoms with Gasteiger partial charge in [-0.3, -0.25) is 9.59 Å². The molecule has 16 heavy (non-hydrogen) atoms. The molecule has 0 aromatic heterocycles. The van der Waals surface area contributed by atoms with Gasteiger partial charge >= 0.3 is 11.9 Å². The molecule has 88 valence electrons. The van der Waals surface area contributed by atoms with Gasteiger partial charge < -0.3 is 9.47 Å². The number of rotatable bonds is 4. The Morgan fingerprint density at radius 1 is 1.25 bits per heavy atom. The summed E-state index contributed by atoms with van der Waals surface area (Å²) >= 11 is 0. The highest BCUT2D eigenvalue weighted by molar-refractivity contribution is 5.95. The lowest BCUT2D eigenvalue weighted by atomic mass is 9.87. The summed E-state index contributed by atoms with van der Waals surface area (Å²) in [4.78, 5) is 23.1. The monoisotopic (exact) mass is 224 g/mol. The van der Waals surface area contributed by atoms with Crippen molar-refractivity contribution >= 4 is 11.9 Å². The molecule has 0 aromatic carbocycles. The van der Waals surface area contributed by atoms with Crippen LogP contribution in [0.5, 0.6) is 0 Å². The van der Waals surface area contributed by atoms with Gasteiger partial charge in [0.15, 0.2) is 5.92 Å². The number of carbonyl (C=O) groups excluding carboxylic acids is 2. The molecule has 0 heterocycles. The van der Waals surface area contributed by atoms with E-state index in [1.165, 1.54) is 14.2 Å². The normalized spacial score (nSPS) is 15.9. The van der Waals surface area contributed by atoms with E-state index in [1.54, 1.807) is 0 Å². The Balaban J connectivity index is 2.87. The first-order valence-electron chi connectivity index (χ1n) is 5.14. The summed E-state index contributed by atoms with van der Waals surface area (Å²) in [6.45, 7) is 1.82. The number of hydrogen-bond acceptors (Lipinski definition) is 4. The molecular weight excluding hydrogens is 208 g/mol. The van der Waals surface area contributed by atoms with Crippen LogP contribution in [0.3, 0.4) is 0 Å². The zero-order chi connectivity index (χ0) is 12.1. The third-order valence-corrected chi connectivity index (χ3v) is 2.74. The van der Waals surface area contributed by atoms with E-state index in [-0.39, 0.29) is 5.92 Å². The summed E-state index contributed by atoms with van der Waals surface area (Å²) < 4.78 is 9.25. The van der Waals surface area contributed by atoms with E-state index in [1.807, 2.05) is 25.2 Å². The van der Waals surface area contributed by atoms with Crippen molar-refractivity contribution in [2.24, 2.45) is 11.8 Å². The maximum atomic E-state index is 11.5. The molecule has 1 aliphatic rings. The molecule has 1 unspecified atom stereocenters. The molecule has 0 saturated carbocycles. The smallest absolute Gasteiger partial charge is 0.320 e. The fourth-order valence-corrected chi connectivity index (χ4v) is 1.76. The predicted octanol–water partition coefficient (Wildman–Crippen LogP) is 1.47. The van der Waals surface area contributed by atoms with Gasteiger partial charge in [0.1, 0.15) is 0 Å². The second-order valence-corrected chi connectivity index (χ2v) is 3.65. The zero-order valence-electron chi connectivity index (χ0n) is 9.73. The first kappa shape index (κ1) is 12.5. The van der Waals surface area contributed by atoms with Crippen LogP contribution in [0.2, 0.25) is 0 Å². The van der Waals surface area contributed by atoms with Crippen molar-refractivity contribution in [1.29, 1.82) is 0 Å². The van der Waals surface area contributed by atoms with Crippen LogP contribution in [0.1, 0.15) is 13.3 Å². The Bertz CT molecular complexity index is 325. The largest absolute Gasteiger partial charge is 0.468 e. The Morgan fingerprint density at radius 3 is 2.19 bits per heavy atom. The van der Waals surface area contributed by atoms with E-state index in [0.717, 1.165) is 12.0 Å². The van der Waals surface area contributed by atoms with Gasteiger partial charge in [0.05, 0.1) is 14.2 Å².